The lowest BCUT2D eigenvalue weighted by Crippen LogP contribution is -2.30. The summed E-state index contributed by atoms with van der Waals surface area (Å²) in [5.74, 6) is 0.817. The van der Waals surface area contributed by atoms with Crippen molar-refractivity contribution in [2.75, 3.05) is 39.6 Å². The molecule has 5 atom stereocenters. The summed E-state index contributed by atoms with van der Waals surface area (Å²) in [4.78, 5) is 72.5. The fraction of sp³-hybridized carbons (Fsp3) is 0.944. The number of carbonyl (C=O) groups excluding carboxylic acids is 4. The van der Waals surface area contributed by atoms with E-state index in [0.717, 1.165) is 108 Å². The van der Waals surface area contributed by atoms with Gasteiger partial charge in [-0.05, 0) is 49.4 Å². The van der Waals surface area contributed by atoms with E-state index >= 15 is 0 Å². The van der Waals surface area contributed by atoms with Gasteiger partial charge in [-0.2, -0.15) is 0 Å². The second-order valence-electron chi connectivity index (χ2n) is 27.9. The standard InChI is InChI=1S/C72H140O17P2/c1-62(2)48-40-32-24-19-15-12-10-9-11-13-17-22-28-38-46-54-71(76)88-67(58-83-70(75)53-45-37-29-23-26-34-42-50-64(5)6)60-86-90(78,79)84-56-66(73)57-85-91(80,81)87-61-68(89-72(77)55-47-39-31-30-35-43-51-65(7)8)59-82-69(74)52-44-36-27-21-18-14-16-20-25-33-41-49-63(3)4/h62-68,73H,9-61H2,1-8H3,(H,78,79)(H,80,81)/t66?,67-,68-/m1/s1. The molecule has 0 spiro atoms. The van der Waals surface area contributed by atoms with Crippen molar-refractivity contribution in [3.8, 4) is 0 Å². The van der Waals surface area contributed by atoms with E-state index in [2.05, 4.69) is 55.4 Å². The van der Waals surface area contributed by atoms with Crippen LogP contribution in [0.15, 0.2) is 0 Å². The zero-order valence-corrected chi connectivity index (χ0v) is 61.3. The summed E-state index contributed by atoms with van der Waals surface area (Å²) in [6.07, 6.45) is 44.7. The maximum atomic E-state index is 13.0. The lowest BCUT2D eigenvalue weighted by molar-refractivity contribution is -0.161. The Bertz CT molecular complexity index is 1800. The van der Waals surface area contributed by atoms with Crippen LogP contribution < -0.4 is 0 Å². The number of esters is 4. The summed E-state index contributed by atoms with van der Waals surface area (Å²) in [6.45, 7) is 14.0. The smallest absolute Gasteiger partial charge is 0.462 e. The van der Waals surface area contributed by atoms with E-state index in [1.807, 2.05) is 0 Å². The van der Waals surface area contributed by atoms with Crippen LogP contribution >= 0.6 is 15.6 Å². The number of phosphoric acid groups is 2. The fourth-order valence-corrected chi connectivity index (χ4v) is 12.4. The minimum absolute atomic E-state index is 0.102. The molecule has 19 heteroatoms. The quantitative estimate of drug-likeness (QED) is 0.0222. The summed E-state index contributed by atoms with van der Waals surface area (Å²) < 4.78 is 68.3. The lowest BCUT2D eigenvalue weighted by atomic mass is 10.0. The highest BCUT2D eigenvalue weighted by Gasteiger charge is 2.30. The van der Waals surface area contributed by atoms with Gasteiger partial charge in [-0.15, -0.1) is 0 Å². The predicted octanol–water partition coefficient (Wildman–Crippen LogP) is 20.5. The van der Waals surface area contributed by atoms with Gasteiger partial charge in [-0.25, -0.2) is 9.13 Å². The van der Waals surface area contributed by atoms with E-state index < -0.39 is 97.5 Å². The summed E-state index contributed by atoms with van der Waals surface area (Å²) in [5.41, 5.74) is 0. The molecule has 0 fully saturated rings. The number of hydrogen-bond donors (Lipinski definition) is 3. The lowest BCUT2D eigenvalue weighted by Gasteiger charge is -2.21. The van der Waals surface area contributed by atoms with Crippen LogP contribution in [-0.4, -0.2) is 96.7 Å². The largest absolute Gasteiger partial charge is 0.472 e. The Balaban J connectivity index is 5.19. The van der Waals surface area contributed by atoms with Gasteiger partial charge in [-0.3, -0.25) is 37.3 Å². The van der Waals surface area contributed by atoms with Gasteiger partial charge in [0, 0.05) is 25.7 Å². The number of aliphatic hydroxyl groups is 1. The molecule has 0 rings (SSSR count). The molecule has 0 aromatic carbocycles. The van der Waals surface area contributed by atoms with Crippen LogP contribution in [0.1, 0.15) is 357 Å². The number of hydrogen-bond acceptors (Lipinski definition) is 15. The maximum Gasteiger partial charge on any atom is 0.472 e. The van der Waals surface area contributed by atoms with Crippen molar-refractivity contribution in [2.45, 2.75) is 375 Å². The first-order chi connectivity index (χ1) is 43.6. The summed E-state index contributed by atoms with van der Waals surface area (Å²) in [5, 5.41) is 10.6. The highest BCUT2D eigenvalue weighted by atomic mass is 31.2. The molecule has 3 unspecified atom stereocenters. The topological polar surface area (TPSA) is 237 Å². The van der Waals surface area contributed by atoms with Crippen LogP contribution in [0.3, 0.4) is 0 Å². The molecule has 17 nitrogen and oxygen atoms in total. The Morgan fingerprint density at radius 1 is 0.275 bits per heavy atom. The van der Waals surface area contributed by atoms with Crippen molar-refractivity contribution in [3.63, 3.8) is 0 Å². The van der Waals surface area contributed by atoms with E-state index in [4.69, 9.17) is 37.0 Å². The molecule has 0 amide bonds. The van der Waals surface area contributed by atoms with Gasteiger partial charge in [0.05, 0.1) is 26.4 Å². The monoisotopic (exact) mass is 1340 g/mol. The van der Waals surface area contributed by atoms with Crippen LogP contribution in [0.5, 0.6) is 0 Å². The van der Waals surface area contributed by atoms with Gasteiger partial charge in [0.2, 0.25) is 0 Å². The Hall–Kier alpha value is -1.94. The molecule has 3 N–H and O–H groups in total. The van der Waals surface area contributed by atoms with Gasteiger partial charge < -0.3 is 33.8 Å². The summed E-state index contributed by atoms with van der Waals surface area (Å²) in [6, 6.07) is 0. The van der Waals surface area contributed by atoms with Crippen molar-refractivity contribution >= 4 is 39.5 Å². The zero-order valence-electron chi connectivity index (χ0n) is 59.5. The molecule has 91 heavy (non-hydrogen) atoms. The van der Waals surface area contributed by atoms with Gasteiger partial charge in [-0.1, -0.05) is 306 Å². The van der Waals surface area contributed by atoms with Gasteiger partial charge >= 0.3 is 39.5 Å². The molecule has 0 saturated carbocycles. The van der Waals surface area contributed by atoms with E-state index in [9.17, 15) is 43.2 Å². The van der Waals surface area contributed by atoms with Crippen LogP contribution in [0.2, 0.25) is 0 Å². The first-order valence-corrected chi connectivity index (χ1v) is 40.2. The summed E-state index contributed by atoms with van der Waals surface area (Å²) >= 11 is 0. The number of carbonyl (C=O) groups is 4. The second kappa shape index (κ2) is 61.6. The van der Waals surface area contributed by atoms with E-state index in [-0.39, 0.29) is 25.7 Å². The zero-order chi connectivity index (χ0) is 67.5. The van der Waals surface area contributed by atoms with Crippen molar-refractivity contribution < 1.29 is 80.2 Å². The second-order valence-corrected chi connectivity index (χ2v) is 30.8. The van der Waals surface area contributed by atoms with Crippen molar-refractivity contribution in [1.29, 1.82) is 0 Å². The van der Waals surface area contributed by atoms with Gasteiger partial charge in [0.25, 0.3) is 0 Å². The van der Waals surface area contributed by atoms with Crippen molar-refractivity contribution in [1.82, 2.24) is 0 Å². The third-order valence-electron chi connectivity index (χ3n) is 16.6. The van der Waals surface area contributed by atoms with Crippen LogP contribution in [0.4, 0.5) is 0 Å². The molecule has 0 aliphatic rings. The van der Waals surface area contributed by atoms with Gasteiger partial charge in [0.15, 0.2) is 12.2 Å². The molecule has 0 aliphatic carbocycles. The Labute approximate surface area is 556 Å². The third kappa shape index (κ3) is 66.5. The molecular formula is C72H140O17P2. The summed E-state index contributed by atoms with van der Waals surface area (Å²) in [7, 11) is -9.90. The molecule has 0 aliphatic heterocycles. The van der Waals surface area contributed by atoms with Crippen molar-refractivity contribution in [3.05, 3.63) is 0 Å². The van der Waals surface area contributed by atoms with Crippen molar-refractivity contribution in [2.24, 2.45) is 23.7 Å². The minimum Gasteiger partial charge on any atom is -0.462 e. The Kier molecular flexibility index (Phi) is 60.3. The first-order valence-electron chi connectivity index (χ1n) is 37.2. The average Bonchev–Trinajstić information content (AvgIpc) is 3.57. The van der Waals surface area contributed by atoms with Gasteiger partial charge in [0.1, 0.15) is 19.3 Å². The normalized spacial score (nSPS) is 14.2. The minimum atomic E-state index is -4.95. The van der Waals surface area contributed by atoms with Crippen LogP contribution in [0.25, 0.3) is 0 Å². The SMILES string of the molecule is CC(C)CCCCCCCCCCCCCCCCCC(=O)O[C@H](COC(=O)CCCCCCCCCC(C)C)COP(=O)(O)OCC(O)COP(=O)(O)OC[C@@H](COC(=O)CCCCCCCCCCCCCC(C)C)OC(=O)CCCCCCCCC(C)C. The number of phosphoric ester groups is 2. The Morgan fingerprint density at radius 3 is 0.681 bits per heavy atom. The third-order valence-corrected chi connectivity index (χ3v) is 18.5. The molecule has 0 aromatic rings. The number of ether oxygens (including phenoxy) is 4. The van der Waals surface area contributed by atoms with Crippen LogP contribution in [-0.2, 0) is 65.4 Å². The highest BCUT2D eigenvalue weighted by molar-refractivity contribution is 7.47. The molecule has 540 valence electrons. The average molecular weight is 1340 g/mol. The van der Waals surface area contributed by atoms with E-state index in [0.29, 0.717) is 37.5 Å². The molecule has 0 bridgehead atoms. The predicted molar refractivity (Wildman–Crippen MR) is 367 cm³/mol. The number of unbranched alkanes of at least 4 members (excludes halogenated alkanes) is 35. The van der Waals surface area contributed by atoms with Crippen LogP contribution in [0, 0.1) is 23.7 Å². The maximum absolute atomic E-state index is 13.0. The Morgan fingerprint density at radius 2 is 0.462 bits per heavy atom. The fourth-order valence-electron chi connectivity index (χ4n) is 10.8. The van der Waals surface area contributed by atoms with E-state index in [1.165, 1.54) is 154 Å². The molecule has 0 aromatic heterocycles. The number of rotatable bonds is 69. The first kappa shape index (κ1) is 89.1. The molecule has 0 radical (unpaired) electrons. The number of aliphatic hydroxyl groups excluding tert-OH is 1. The molecular weight excluding hydrogens is 1200 g/mol. The molecule has 0 saturated heterocycles. The highest BCUT2D eigenvalue weighted by Crippen LogP contribution is 2.45. The van der Waals surface area contributed by atoms with E-state index in [1.54, 1.807) is 0 Å². The molecule has 0 heterocycles.